The molecular formula is C4H6N2S2. The normalized spacial score (nSPS) is 9.75. The first kappa shape index (κ1) is 6.04. The van der Waals surface area contributed by atoms with Gasteiger partial charge in [-0.15, -0.1) is 21.5 Å². The van der Waals surface area contributed by atoms with Crippen LogP contribution in [0.15, 0.2) is 0 Å². The van der Waals surface area contributed by atoms with Crippen molar-refractivity contribution in [1.29, 1.82) is 0 Å². The van der Waals surface area contributed by atoms with Crippen LogP contribution in [0.2, 0.25) is 0 Å². The lowest BCUT2D eigenvalue weighted by molar-refractivity contribution is 1.01. The monoisotopic (exact) mass is 146 g/mol. The Labute approximate surface area is 57.4 Å². The largest absolute Gasteiger partial charge is 0.172 e. The summed E-state index contributed by atoms with van der Waals surface area (Å²) in [5, 5.41) is 9.63. The maximum absolute atomic E-state index is 4.03. The average molecular weight is 146 g/mol. The molecule has 0 aliphatic rings. The van der Waals surface area contributed by atoms with Gasteiger partial charge in [0.25, 0.3) is 0 Å². The molecular weight excluding hydrogens is 140 g/mol. The number of nitrogens with zero attached hydrogens (tertiary/aromatic N) is 2. The van der Waals surface area contributed by atoms with Gasteiger partial charge in [-0.05, 0) is 6.92 Å². The number of aryl methyl sites for hydroxylation is 1. The zero-order valence-electron chi connectivity index (χ0n) is 4.46. The van der Waals surface area contributed by atoms with Gasteiger partial charge in [0.15, 0.2) is 0 Å². The summed E-state index contributed by atoms with van der Waals surface area (Å²) >= 11 is 5.62. The maximum Gasteiger partial charge on any atom is 0.127 e. The van der Waals surface area contributed by atoms with Crippen molar-refractivity contribution >= 4 is 24.0 Å². The van der Waals surface area contributed by atoms with Crippen molar-refractivity contribution in [2.45, 2.75) is 12.7 Å². The van der Waals surface area contributed by atoms with Gasteiger partial charge in [0.1, 0.15) is 10.0 Å². The van der Waals surface area contributed by atoms with Gasteiger partial charge in [-0.2, -0.15) is 12.6 Å². The molecule has 0 N–H and O–H groups in total. The average Bonchev–Trinajstić information content (AvgIpc) is 2.14. The fourth-order valence-electron chi connectivity index (χ4n) is 0.401. The molecule has 1 heterocycles. The summed E-state index contributed by atoms with van der Waals surface area (Å²) in [6.45, 7) is 1.94. The van der Waals surface area contributed by atoms with Crippen LogP contribution in [0.3, 0.4) is 0 Å². The summed E-state index contributed by atoms with van der Waals surface area (Å²) in [4.78, 5) is 0. The zero-order valence-corrected chi connectivity index (χ0v) is 6.17. The van der Waals surface area contributed by atoms with Crippen molar-refractivity contribution in [3.8, 4) is 0 Å². The molecule has 0 aliphatic heterocycles. The first-order chi connectivity index (χ1) is 3.83. The van der Waals surface area contributed by atoms with Gasteiger partial charge in [-0.25, -0.2) is 0 Å². The minimum absolute atomic E-state index is 0.700. The van der Waals surface area contributed by atoms with Gasteiger partial charge in [0.2, 0.25) is 0 Å². The van der Waals surface area contributed by atoms with Gasteiger partial charge >= 0.3 is 0 Å². The molecule has 2 nitrogen and oxygen atoms in total. The van der Waals surface area contributed by atoms with Crippen molar-refractivity contribution in [1.82, 2.24) is 10.2 Å². The van der Waals surface area contributed by atoms with Crippen LogP contribution in [0, 0.1) is 6.92 Å². The number of hydrogen-bond donors (Lipinski definition) is 1. The summed E-state index contributed by atoms with van der Waals surface area (Å²) in [6, 6.07) is 0. The number of aromatic nitrogens is 2. The lowest BCUT2D eigenvalue weighted by Crippen LogP contribution is -1.72. The Bertz CT molecular complexity index is 172. The molecule has 0 atom stereocenters. The van der Waals surface area contributed by atoms with E-state index in [1.54, 1.807) is 11.3 Å². The van der Waals surface area contributed by atoms with Crippen LogP contribution < -0.4 is 0 Å². The Balaban J connectivity index is 2.84. The maximum atomic E-state index is 4.03. The minimum atomic E-state index is 0.700. The Kier molecular flexibility index (Phi) is 1.85. The summed E-state index contributed by atoms with van der Waals surface area (Å²) in [5.41, 5.74) is 0. The summed E-state index contributed by atoms with van der Waals surface area (Å²) in [5.74, 6) is 0.700. The first-order valence-corrected chi connectivity index (χ1v) is 3.67. The summed E-state index contributed by atoms with van der Waals surface area (Å²) < 4.78 is 0. The van der Waals surface area contributed by atoms with Crippen molar-refractivity contribution in [2.75, 3.05) is 0 Å². The zero-order chi connectivity index (χ0) is 5.98. The van der Waals surface area contributed by atoms with Crippen LogP contribution in [-0.4, -0.2) is 10.2 Å². The SMILES string of the molecule is Cc1nnc(CS)s1. The molecule has 0 saturated heterocycles. The second-order valence-corrected chi connectivity index (χ2v) is 2.96. The minimum Gasteiger partial charge on any atom is -0.172 e. The van der Waals surface area contributed by atoms with E-state index >= 15 is 0 Å². The number of rotatable bonds is 1. The quantitative estimate of drug-likeness (QED) is 0.604. The van der Waals surface area contributed by atoms with Crippen LogP contribution >= 0.6 is 24.0 Å². The van der Waals surface area contributed by atoms with Crippen LogP contribution in [0.1, 0.15) is 10.0 Å². The molecule has 1 aromatic heterocycles. The van der Waals surface area contributed by atoms with Crippen LogP contribution in [-0.2, 0) is 5.75 Å². The van der Waals surface area contributed by atoms with Crippen molar-refractivity contribution < 1.29 is 0 Å². The molecule has 0 amide bonds. The fourth-order valence-corrected chi connectivity index (χ4v) is 1.23. The molecule has 4 heteroatoms. The molecule has 0 unspecified atom stereocenters. The lowest BCUT2D eigenvalue weighted by Gasteiger charge is -1.75. The highest BCUT2D eigenvalue weighted by molar-refractivity contribution is 7.79. The molecule has 0 radical (unpaired) electrons. The smallest absolute Gasteiger partial charge is 0.127 e. The van der Waals surface area contributed by atoms with E-state index < -0.39 is 0 Å². The molecule has 0 aromatic carbocycles. The van der Waals surface area contributed by atoms with E-state index in [1.165, 1.54) is 0 Å². The molecule has 0 aliphatic carbocycles. The topological polar surface area (TPSA) is 25.8 Å². The van der Waals surface area contributed by atoms with Gasteiger partial charge in [0, 0.05) is 5.75 Å². The molecule has 0 spiro atoms. The highest BCUT2D eigenvalue weighted by atomic mass is 32.1. The van der Waals surface area contributed by atoms with E-state index in [9.17, 15) is 0 Å². The van der Waals surface area contributed by atoms with Gasteiger partial charge < -0.3 is 0 Å². The van der Waals surface area contributed by atoms with E-state index in [4.69, 9.17) is 0 Å². The lowest BCUT2D eigenvalue weighted by atomic mass is 10.8. The van der Waals surface area contributed by atoms with Crippen LogP contribution in [0.4, 0.5) is 0 Å². The summed E-state index contributed by atoms with van der Waals surface area (Å²) in [7, 11) is 0. The first-order valence-electron chi connectivity index (χ1n) is 2.23. The molecule has 1 aromatic rings. The van der Waals surface area contributed by atoms with Crippen molar-refractivity contribution in [2.24, 2.45) is 0 Å². The van der Waals surface area contributed by atoms with Crippen molar-refractivity contribution in [3.05, 3.63) is 10.0 Å². The van der Waals surface area contributed by atoms with Crippen molar-refractivity contribution in [3.63, 3.8) is 0 Å². The standard InChI is InChI=1S/C4H6N2S2/c1-3-5-6-4(2-7)8-3/h7H,2H2,1H3. The van der Waals surface area contributed by atoms with Crippen LogP contribution in [0.25, 0.3) is 0 Å². The molecule has 44 valence electrons. The fraction of sp³-hybridized carbons (Fsp3) is 0.500. The van der Waals surface area contributed by atoms with Gasteiger partial charge in [0.05, 0.1) is 0 Å². The third-order valence-electron chi connectivity index (χ3n) is 0.703. The second kappa shape index (κ2) is 2.46. The Morgan fingerprint density at radius 3 is 2.62 bits per heavy atom. The number of thiol groups is 1. The van der Waals surface area contributed by atoms with Crippen LogP contribution in [0.5, 0.6) is 0 Å². The molecule has 0 saturated carbocycles. The van der Waals surface area contributed by atoms with Gasteiger partial charge in [-0.1, -0.05) is 0 Å². The van der Waals surface area contributed by atoms with E-state index in [1.807, 2.05) is 6.92 Å². The third-order valence-corrected chi connectivity index (χ3v) is 2.06. The summed E-state index contributed by atoms with van der Waals surface area (Å²) in [6.07, 6.45) is 0. The Hall–Kier alpha value is -0.0900. The number of hydrogen-bond acceptors (Lipinski definition) is 4. The Morgan fingerprint density at radius 2 is 2.38 bits per heavy atom. The Morgan fingerprint density at radius 1 is 1.62 bits per heavy atom. The van der Waals surface area contributed by atoms with E-state index in [0.29, 0.717) is 5.75 Å². The predicted molar refractivity (Wildman–Crippen MR) is 37.3 cm³/mol. The van der Waals surface area contributed by atoms with E-state index in [-0.39, 0.29) is 0 Å². The van der Waals surface area contributed by atoms with Gasteiger partial charge in [-0.3, -0.25) is 0 Å². The van der Waals surface area contributed by atoms with E-state index in [0.717, 1.165) is 10.0 Å². The molecule has 0 fully saturated rings. The molecule has 1 rings (SSSR count). The highest BCUT2D eigenvalue weighted by Crippen LogP contribution is 2.08. The molecule has 0 bridgehead atoms. The second-order valence-electron chi connectivity index (χ2n) is 1.37. The van der Waals surface area contributed by atoms with E-state index in [2.05, 4.69) is 22.8 Å². The molecule has 8 heavy (non-hydrogen) atoms. The predicted octanol–water partition coefficient (Wildman–Crippen LogP) is 1.28. The third kappa shape index (κ3) is 1.20. The highest BCUT2D eigenvalue weighted by Gasteiger charge is 1.93.